The van der Waals surface area contributed by atoms with E-state index in [1.807, 2.05) is 58.2 Å². The van der Waals surface area contributed by atoms with Crippen LogP contribution >= 0.6 is 0 Å². The minimum Gasteiger partial charge on any atom is -0.453 e. The fourth-order valence-corrected chi connectivity index (χ4v) is 7.98. The van der Waals surface area contributed by atoms with E-state index in [4.69, 9.17) is 34.6 Å². The lowest BCUT2D eigenvalue weighted by molar-refractivity contribution is -0.143. The number of hydrogen-bond donors (Lipinski definition) is 4. The third-order valence-electron chi connectivity index (χ3n) is 11.2. The Balaban J connectivity index is 1.19. The van der Waals surface area contributed by atoms with Gasteiger partial charge in [-0.25, -0.2) is 19.6 Å². The van der Waals surface area contributed by atoms with E-state index in [1.54, 1.807) is 24.0 Å². The van der Waals surface area contributed by atoms with E-state index in [-0.39, 0.29) is 35.7 Å². The highest BCUT2D eigenvalue weighted by Gasteiger charge is 2.40. The van der Waals surface area contributed by atoms with Gasteiger partial charge >= 0.3 is 12.2 Å². The molecule has 59 heavy (non-hydrogen) atoms. The Labute approximate surface area is 344 Å². The summed E-state index contributed by atoms with van der Waals surface area (Å²) in [6, 6.07) is 15.1. The van der Waals surface area contributed by atoms with Crippen LogP contribution in [0, 0.1) is 11.8 Å². The van der Waals surface area contributed by atoms with Gasteiger partial charge in [-0.2, -0.15) is 0 Å². The van der Waals surface area contributed by atoms with E-state index >= 15 is 0 Å². The molecule has 4 heterocycles. The number of carbonyl (C=O) groups is 4. The van der Waals surface area contributed by atoms with Crippen molar-refractivity contribution in [1.82, 2.24) is 35.1 Å². The van der Waals surface area contributed by atoms with Crippen molar-refractivity contribution in [2.24, 2.45) is 17.6 Å². The number of H-pyrrole nitrogens is 2. The maximum absolute atomic E-state index is 13.7. The first-order chi connectivity index (χ1) is 28.3. The average Bonchev–Trinajstić information content (AvgIpc) is 4.07. The number of ether oxygens (including phenoxy) is 4. The molecule has 316 valence electrons. The number of likely N-dealkylation sites (tertiary alicyclic amines) is 2. The Morgan fingerprint density at radius 3 is 1.88 bits per heavy atom. The highest BCUT2D eigenvalue weighted by molar-refractivity contribution is 5.86. The molecule has 0 saturated carbocycles. The number of carbonyl (C=O) groups excluding carboxylic acids is 4. The third-order valence-corrected chi connectivity index (χ3v) is 11.2. The number of nitrogens with one attached hydrogen (secondary N) is 3. The topological polar surface area (TPSA) is 207 Å². The molecule has 5 N–H and O–H groups in total. The molecule has 2 aliphatic rings. The van der Waals surface area contributed by atoms with Gasteiger partial charge in [-0.05, 0) is 54.2 Å². The van der Waals surface area contributed by atoms with Gasteiger partial charge in [0, 0.05) is 45.5 Å². The number of aromatic amines is 2. The molecular formula is C43H56N8O8. The zero-order chi connectivity index (χ0) is 42.4. The summed E-state index contributed by atoms with van der Waals surface area (Å²) in [6.07, 6.45) is 2.16. The number of nitrogens with zero attached hydrogens (tertiary/aromatic N) is 4. The van der Waals surface area contributed by atoms with Crippen molar-refractivity contribution < 1.29 is 38.1 Å². The molecule has 2 saturated heterocycles. The Hall–Kier alpha value is -5.74. The molecule has 2 fully saturated rings. The minimum absolute atomic E-state index is 0.118. The van der Waals surface area contributed by atoms with Crippen molar-refractivity contribution in [2.75, 3.05) is 34.4 Å². The Bertz CT molecular complexity index is 2070. The highest BCUT2D eigenvalue weighted by atomic mass is 16.7. The van der Waals surface area contributed by atoms with Crippen LogP contribution in [-0.4, -0.2) is 107 Å². The number of alkyl carbamates (subject to hydrolysis) is 1. The van der Waals surface area contributed by atoms with Crippen LogP contribution in [-0.2, 0) is 35.0 Å². The number of rotatable bonds is 15. The Morgan fingerprint density at radius 2 is 1.34 bits per heavy atom. The van der Waals surface area contributed by atoms with Gasteiger partial charge in [-0.1, -0.05) is 76.2 Å². The molecule has 0 bridgehead atoms. The lowest BCUT2D eigenvalue weighted by Crippen LogP contribution is -2.51. The summed E-state index contributed by atoms with van der Waals surface area (Å²) in [5, 5.41) is 2.69. The molecule has 0 spiro atoms. The van der Waals surface area contributed by atoms with Gasteiger partial charge in [-0.3, -0.25) is 9.59 Å². The minimum atomic E-state index is -0.992. The first-order valence-corrected chi connectivity index (χ1v) is 20.2. The van der Waals surface area contributed by atoms with Gasteiger partial charge in [0.1, 0.15) is 17.7 Å². The number of primary amides is 1. The Morgan fingerprint density at radius 1 is 0.780 bits per heavy atom. The number of imidazole rings is 2. The first-order valence-electron chi connectivity index (χ1n) is 20.2. The number of benzene rings is 2. The normalized spacial score (nSPS) is 17.8. The van der Waals surface area contributed by atoms with Gasteiger partial charge in [0.25, 0.3) is 5.91 Å². The van der Waals surface area contributed by atoms with Crippen LogP contribution < -0.4 is 11.1 Å². The van der Waals surface area contributed by atoms with E-state index in [0.717, 1.165) is 58.6 Å². The number of nitrogens with two attached hydrogens (primary N) is 1. The van der Waals surface area contributed by atoms with Crippen molar-refractivity contribution in [3.63, 3.8) is 0 Å². The summed E-state index contributed by atoms with van der Waals surface area (Å²) in [7, 11) is 4.45. The summed E-state index contributed by atoms with van der Waals surface area (Å²) in [5.41, 5.74) is 11.5. The fraction of sp³-hybridized carbons (Fsp3) is 0.488. The molecule has 4 amide bonds. The highest BCUT2D eigenvalue weighted by Crippen LogP contribution is 2.36. The van der Waals surface area contributed by atoms with Crippen molar-refractivity contribution >= 4 is 24.0 Å². The predicted octanol–water partition coefficient (Wildman–Crippen LogP) is 6.12. The van der Waals surface area contributed by atoms with Crippen LogP contribution in [0.15, 0.2) is 54.7 Å². The molecule has 0 radical (unpaired) electrons. The summed E-state index contributed by atoms with van der Waals surface area (Å²) < 4.78 is 21.1. The number of methoxy groups -OCH3 is 3. The van der Waals surface area contributed by atoms with Crippen LogP contribution in [0.25, 0.3) is 33.6 Å². The second-order valence-electron chi connectivity index (χ2n) is 15.7. The largest absolute Gasteiger partial charge is 0.453 e. The predicted molar refractivity (Wildman–Crippen MR) is 219 cm³/mol. The van der Waals surface area contributed by atoms with E-state index in [9.17, 15) is 19.2 Å². The van der Waals surface area contributed by atoms with E-state index in [2.05, 4.69) is 39.6 Å². The monoisotopic (exact) mass is 812 g/mol. The summed E-state index contributed by atoms with van der Waals surface area (Å²) >= 11 is 0. The number of aromatic nitrogens is 4. The quantitative estimate of drug-likeness (QED) is 0.101. The van der Waals surface area contributed by atoms with Gasteiger partial charge in [0.05, 0.1) is 36.3 Å². The molecule has 16 heteroatoms. The molecule has 6 rings (SSSR count). The van der Waals surface area contributed by atoms with Crippen molar-refractivity contribution in [3.8, 4) is 33.6 Å². The van der Waals surface area contributed by atoms with Gasteiger partial charge in [0.2, 0.25) is 5.91 Å². The van der Waals surface area contributed by atoms with E-state index in [1.165, 1.54) is 7.11 Å². The molecule has 4 atom stereocenters. The van der Waals surface area contributed by atoms with Crippen LogP contribution in [0.4, 0.5) is 9.59 Å². The lowest BCUT2D eigenvalue weighted by Gasteiger charge is -2.29. The van der Waals surface area contributed by atoms with Gasteiger partial charge < -0.3 is 49.8 Å². The molecule has 2 aromatic heterocycles. The van der Waals surface area contributed by atoms with Gasteiger partial charge in [0.15, 0.2) is 12.4 Å². The zero-order valence-electron chi connectivity index (χ0n) is 34.8. The van der Waals surface area contributed by atoms with Crippen molar-refractivity contribution in [1.29, 1.82) is 0 Å². The van der Waals surface area contributed by atoms with Crippen LogP contribution in [0.5, 0.6) is 0 Å². The summed E-state index contributed by atoms with van der Waals surface area (Å²) in [4.78, 5) is 71.1. The first kappa shape index (κ1) is 42.9. The zero-order valence-corrected chi connectivity index (χ0v) is 34.8. The van der Waals surface area contributed by atoms with Crippen LogP contribution in [0.1, 0.15) is 82.8 Å². The number of hydrogen-bond acceptors (Lipinski definition) is 10. The Kier molecular flexibility index (Phi) is 13.7. The molecular weight excluding hydrogens is 757 g/mol. The molecule has 16 nitrogen and oxygen atoms in total. The maximum Gasteiger partial charge on any atom is 0.407 e. The smallest absolute Gasteiger partial charge is 0.407 e. The standard InChI is InChI=1S/C43H56N8O8/c1-24(2)35(49-43(55)58-7)40(52)50-20-8-10-32(50)38-45-23-31(47-38)28-16-12-26(13-17-28)27-14-18-29(19-15-27)36-30(22-34(56-5)57-6)46-39(48-36)33-11-9-21-51(33)41(53)37(25(3)4)59-42(44)54/h12-19,23-25,32-35,37H,8-11,20-22H2,1-7H3,(H2,44,54)(H,45,47)(H,46,48)(H,49,55)/t32-,33-,35-,37-/m0/s1. The molecule has 4 aromatic rings. The maximum atomic E-state index is 13.7. The van der Waals surface area contributed by atoms with Crippen molar-refractivity contribution in [3.05, 3.63) is 72.1 Å². The second-order valence-corrected chi connectivity index (χ2v) is 15.7. The SMILES string of the molecule is COC(=O)N[C@H](C(=O)N1CCC[C@H]1c1nc(-c2ccc(-c3ccc(-c4[nH]c([C@@H]5CCCN5C(=O)[C@@H](OC(N)=O)C(C)C)nc4CC(OC)OC)cc3)cc2)c[nH]1)C(C)C. The average molecular weight is 813 g/mol. The fourth-order valence-electron chi connectivity index (χ4n) is 7.98. The van der Waals surface area contributed by atoms with E-state index in [0.29, 0.717) is 37.6 Å². The molecule has 0 aliphatic carbocycles. The molecule has 2 aliphatic heterocycles. The van der Waals surface area contributed by atoms with Crippen LogP contribution in [0.2, 0.25) is 0 Å². The third kappa shape index (κ3) is 9.60. The van der Waals surface area contributed by atoms with Crippen LogP contribution in [0.3, 0.4) is 0 Å². The van der Waals surface area contributed by atoms with Crippen molar-refractivity contribution in [2.45, 2.75) is 90.3 Å². The summed E-state index contributed by atoms with van der Waals surface area (Å²) in [5.74, 6) is 0.518. The van der Waals surface area contributed by atoms with Gasteiger partial charge in [-0.15, -0.1) is 0 Å². The molecule has 0 unspecified atom stereocenters. The second kappa shape index (κ2) is 18.9. The molecule has 2 aromatic carbocycles. The van der Waals surface area contributed by atoms with E-state index < -0.39 is 30.6 Å². The lowest BCUT2D eigenvalue weighted by atomic mass is 10.0. The summed E-state index contributed by atoms with van der Waals surface area (Å²) in [6.45, 7) is 8.51. The number of amides is 4.